The first-order valence-corrected chi connectivity index (χ1v) is 11.8. The molecule has 0 spiro atoms. The lowest BCUT2D eigenvalue weighted by Crippen LogP contribution is -2.26. The molecule has 0 aliphatic carbocycles. The molecule has 0 atom stereocenters. The van der Waals surface area contributed by atoms with E-state index in [1.807, 2.05) is 58.9 Å². The maximum absolute atomic E-state index is 13.4. The van der Waals surface area contributed by atoms with E-state index in [1.54, 1.807) is 16.9 Å². The Labute approximate surface area is 206 Å². The van der Waals surface area contributed by atoms with Gasteiger partial charge in [-0.3, -0.25) is 14.3 Å². The number of pyridine rings is 1. The van der Waals surface area contributed by atoms with Crippen LogP contribution >= 0.6 is 0 Å². The van der Waals surface area contributed by atoms with Crippen LogP contribution in [0.3, 0.4) is 0 Å². The number of hydrogen-bond donors (Lipinski definition) is 2. The summed E-state index contributed by atoms with van der Waals surface area (Å²) >= 11 is 0. The van der Waals surface area contributed by atoms with Gasteiger partial charge in [-0.15, -0.1) is 0 Å². The molecule has 1 amide bonds. The van der Waals surface area contributed by atoms with Crippen LogP contribution < -0.4 is 16.6 Å². The molecule has 10 nitrogen and oxygen atoms in total. The van der Waals surface area contributed by atoms with Gasteiger partial charge >= 0.3 is 0 Å². The minimum absolute atomic E-state index is 0.170. The molecule has 1 aromatic carbocycles. The largest absolute Gasteiger partial charge is 0.383 e. The van der Waals surface area contributed by atoms with Crippen LogP contribution in [0.15, 0.2) is 66.0 Å². The number of nitrogens with one attached hydrogen (secondary N) is 1. The Kier molecular flexibility index (Phi) is 5.14. The monoisotopic (exact) mass is 480 g/mol. The van der Waals surface area contributed by atoms with Crippen LogP contribution in [0.4, 0.5) is 11.6 Å². The number of nitrogens with zero attached hydrogens (tertiary/aromatic N) is 6. The normalized spacial score (nSPS) is 13.0. The molecule has 3 N–H and O–H groups in total. The molecule has 0 unspecified atom stereocenters. The fourth-order valence-corrected chi connectivity index (χ4v) is 4.95. The zero-order valence-electron chi connectivity index (χ0n) is 19.7. The number of aryl methyl sites for hydroxylation is 1. The zero-order valence-corrected chi connectivity index (χ0v) is 19.7. The summed E-state index contributed by atoms with van der Waals surface area (Å²) in [6.45, 7) is 0.692. The van der Waals surface area contributed by atoms with Crippen molar-refractivity contribution >= 4 is 28.6 Å². The Morgan fingerprint density at radius 3 is 2.67 bits per heavy atom. The Balaban J connectivity index is 1.33. The van der Waals surface area contributed by atoms with E-state index in [4.69, 9.17) is 5.73 Å². The third-order valence-corrected chi connectivity index (χ3v) is 6.61. The number of hydrogen-bond acceptors (Lipinski definition) is 6. The molecule has 5 heterocycles. The third-order valence-electron chi connectivity index (χ3n) is 6.61. The Morgan fingerprint density at radius 2 is 1.89 bits per heavy atom. The van der Waals surface area contributed by atoms with Gasteiger partial charge in [-0.05, 0) is 43.5 Å². The maximum atomic E-state index is 13.4. The number of benzene rings is 1. The number of nitrogen functional groups attached to an aromatic ring is 1. The van der Waals surface area contributed by atoms with Crippen LogP contribution in [0.5, 0.6) is 0 Å². The number of para-hydroxylation sites is 1. The lowest BCUT2D eigenvalue weighted by atomic mass is 10.1. The van der Waals surface area contributed by atoms with Gasteiger partial charge in [0.1, 0.15) is 29.2 Å². The quantitative estimate of drug-likeness (QED) is 0.407. The number of rotatable bonds is 4. The standard InChI is InChI=1S/C26H24N8O2/c1-32-14-18(21-23(27)29-15-30-24(21)32)16-10-11-20(28-13-16)31-25(35)22-19-9-5-6-12-33(19)34(26(22)36)17-7-3-2-4-8-17/h2-4,7-8,10-11,13-15H,5-6,9,12H2,1H3,(H2,27,29,30)(H,28,31,35). The molecule has 0 radical (unpaired) electrons. The van der Waals surface area contributed by atoms with Gasteiger partial charge < -0.3 is 15.6 Å². The molecule has 5 aromatic rings. The molecule has 36 heavy (non-hydrogen) atoms. The molecule has 0 saturated heterocycles. The lowest BCUT2D eigenvalue weighted by molar-refractivity contribution is 0.102. The predicted octanol–water partition coefficient (Wildman–Crippen LogP) is 3.15. The van der Waals surface area contributed by atoms with E-state index in [0.29, 0.717) is 24.6 Å². The number of aromatic nitrogens is 6. The van der Waals surface area contributed by atoms with Crippen LogP contribution in [0.1, 0.15) is 28.9 Å². The van der Waals surface area contributed by atoms with E-state index < -0.39 is 5.91 Å². The number of carbonyl (C=O) groups excluding carboxylic acids is 1. The highest BCUT2D eigenvalue weighted by atomic mass is 16.2. The molecular formula is C26H24N8O2. The van der Waals surface area contributed by atoms with Crippen LogP contribution in [-0.2, 0) is 20.0 Å². The highest BCUT2D eigenvalue weighted by Gasteiger charge is 2.28. The van der Waals surface area contributed by atoms with Crippen molar-refractivity contribution in [3.05, 3.63) is 82.8 Å². The summed E-state index contributed by atoms with van der Waals surface area (Å²) in [5.41, 5.74) is 9.84. The van der Waals surface area contributed by atoms with Crippen LogP contribution in [0, 0.1) is 0 Å². The van der Waals surface area contributed by atoms with Gasteiger partial charge in [0.2, 0.25) is 0 Å². The van der Waals surface area contributed by atoms with Crippen LogP contribution in [0.25, 0.3) is 27.8 Å². The van der Waals surface area contributed by atoms with Crippen molar-refractivity contribution in [3.8, 4) is 16.8 Å². The van der Waals surface area contributed by atoms with Gasteiger partial charge in [0.05, 0.1) is 16.8 Å². The highest BCUT2D eigenvalue weighted by Crippen LogP contribution is 2.32. The van der Waals surface area contributed by atoms with Gasteiger partial charge in [-0.25, -0.2) is 19.6 Å². The van der Waals surface area contributed by atoms with E-state index in [1.165, 1.54) is 6.33 Å². The third kappa shape index (κ3) is 3.46. The SMILES string of the molecule is Cn1cc(-c2ccc(NC(=O)c3c4n(n(-c5ccccc5)c3=O)CCCC4)nc2)c2c(N)ncnc21. The summed E-state index contributed by atoms with van der Waals surface area (Å²) in [5.74, 6) is 0.291. The van der Waals surface area contributed by atoms with E-state index in [2.05, 4.69) is 20.3 Å². The van der Waals surface area contributed by atoms with Gasteiger partial charge in [0.25, 0.3) is 11.5 Å². The summed E-state index contributed by atoms with van der Waals surface area (Å²) in [6, 6.07) is 13.0. The summed E-state index contributed by atoms with van der Waals surface area (Å²) in [5, 5.41) is 3.57. The topological polar surface area (TPSA) is 126 Å². The second-order valence-corrected chi connectivity index (χ2v) is 8.85. The molecule has 1 aliphatic heterocycles. The lowest BCUT2D eigenvalue weighted by Gasteiger charge is -2.19. The number of carbonyl (C=O) groups is 1. The van der Waals surface area contributed by atoms with Gasteiger partial charge in [0.15, 0.2) is 0 Å². The van der Waals surface area contributed by atoms with E-state index in [9.17, 15) is 9.59 Å². The highest BCUT2D eigenvalue weighted by molar-refractivity contribution is 6.05. The maximum Gasteiger partial charge on any atom is 0.284 e. The number of amides is 1. The van der Waals surface area contributed by atoms with Crippen molar-refractivity contribution in [1.82, 2.24) is 28.9 Å². The van der Waals surface area contributed by atoms with Gasteiger partial charge in [0, 0.05) is 37.1 Å². The summed E-state index contributed by atoms with van der Waals surface area (Å²) in [4.78, 5) is 39.6. The average molecular weight is 481 g/mol. The van der Waals surface area contributed by atoms with E-state index in [0.717, 1.165) is 46.4 Å². The average Bonchev–Trinajstić information content (AvgIpc) is 3.39. The van der Waals surface area contributed by atoms with Crippen molar-refractivity contribution in [2.45, 2.75) is 25.8 Å². The molecule has 0 bridgehead atoms. The van der Waals surface area contributed by atoms with Crippen LogP contribution in [-0.4, -0.2) is 34.8 Å². The molecule has 0 fully saturated rings. The van der Waals surface area contributed by atoms with Crippen molar-refractivity contribution in [2.24, 2.45) is 7.05 Å². The molecule has 10 heteroatoms. The van der Waals surface area contributed by atoms with Crippen LogP contribution in [0.2, 0.25) is 0 Å². The second-order valence-electron chi connectivity index (χ2n) is 8.85. The first kappa shape index (κ1) is 21.8. The summed E-state index contributed by atoms with van der Waals surface area (Å²) in [7, 11) is 1.89. The number of nitrogens with two attached hydrogens (primary N) is 1. The Bertz CT molecular complexity index is 1660. The fraction of sp³-hybridized carbons (Fsp3) is 0.192. The fourth-order valence-electron chi connectivity index (χ4n) is 4.95. The summed E-state index contributed by atoms with van der Waals surface area (Å²) < 4.78 is 5.42. The Morgan fingerprint density at radius 1 is 1.06 bits per heavy atom. The summed E-state index contributed by atoms with van der Waals surface area (Å²) in [6.07, 6.45) is 7.59. The van der Waals surface area contributed by atoms with E-state index >= 15 is 0 Å². The zero-order chi connectivity index (χ0) is 24.8. The predicted molar refractivity (Wildman–Crippen MR) is 137 cm³/mol. The molecule has 180 valence electrons. The van der Waals surface area contributed by atoms with E-state index in [-0.39, 0.29) is 11.1 Å². The molecule has 4 aromatic heterocycles. The van der Waals surface area contributed by atoms with Gasteiger partial charge in [-0.1, -0.05) is 18.2 Å². The molecule has 6 rings (SSSR count). The van der Waals surface area contributed by atoms with Crippen molar-refractivity contribution < 1.29 is 4.79 Å². The van der Waals surface area contributed by atoms with Crippen molar-refractivity contribution in [1.29, 1.82) is 0 Å². The minimum atomic E-state index is -0.455. The number of anilines is 2. The molecule has 0 saturated carbocycles. The first-order valence-electron chi connectivity index (χ1n) is 11.8. The minimum Gasteiger partial charge on any atom is -0.383 e. The molecule has 1 aliphatic rings. The molecular weight excluding hydrogens is 456 g/mol. The number of fused-ring (bicyclic) bond motifs is 2. The smallest absolute Gasteiger partial charge is 0.284 e. The van der Waals surface area contributed by atoms with Crippen molar-refractivity contribution in [2.75, 3.05) is 11.1 Å². The first-order chi connectivity index (χ1) is 17.5. The van der Waals surface area contributed by atoms with Gasteiger partial charge in [-0.2, -0.15) is 0 Å². The second kappa shape index (κ2) is 8.49. The van der Waals surface area contributed by atoms with Crippen molar-refractivity contribution in [3.63, 3.8) is 0 Å². The Hall–Kier alpha value is -4.73.